The van der Waals surface area contributed by atoms with E-state index in [0.29, 0.717) is 31.0 Å². The van der Waals surface area contributed by atoms with Gasteiger partial charge in [0, 0.05) is 40.3 Å². The number of amides is 2. The van der Waals surface area contributed by atoms with E-state index in [1.165, 1.54) is 18.4 Å². The van der Waals surface area contributed by atoms with Gasteiger partial charge in [0.25, 0.3) is 0 Å². The number of hydrogen-bond acceptors (Lipinski definition) is 4. The second kappa shape index (κ2) is 7.17. The maximum Gasteiger partial charge on any atom is 0.317 e. The minimum atomic E-state index is -3.49. The predicted molar refractivity (Wildman–Crippen MR) is 98.4 cm³/mol. The van der Waals surface area contributed by atoms with Crippen LogP contribution in [0.2, 0.25) is 0 Å². The van der Waals surface area contributed by atoms with Crippen molar-refractivity contribution in [1.82, 2.24) is 14.5 Å². The summed E-state index contributed by atoms with van der Waals surface area (Å²) >= 11 is 0. The average molecular weight is 381 g/mol. The van der Waals surface area contributed by atoms with Crippen molar-refractivity contribution in [3.05, 3.63) is 29.3 Å². The second-order valence-corrected chi connectivity index (χ2v) is 9.53. The van der Waals surface area contributed by atoms with Crippen LogP contribution in [0.15, 0.2) is 23.1 Å². The first-order valence-electron chi connectivity index (χ1n) is 8.93. The lowest BCUT2D eigenvalue weighted by Gasteiger charge is -2.32. The van der Waals surface area contributed by atoms with Crippen LogP contribution in [0, 0.1) is 0 Å². The molecule has 144 valence electrons. The summed E-state index contributed by atoms with van der Waals surface area (Å²) in [6, 6.07) is 5.14. The zero-order valence-electron chi connectivity index (χ0n) is 15.6. The lowest BCUT2D eigenvalue weighted by molar-refractivity contribution is 0.0218. The maximum absolute atomic E-state index is 12.5. The lowest BCUT2D eigenvalue weighted by Crippen LogP contribution is -2.48. The number of nitrogens with zero attached hydrogens (tertiary/aromatic N) is 2. The smallest absolute Gasteiger partial charge is 0.317 e. The molecule has 7 nitrogen and oxygen atoms in total. The summed E-state index contributed by atoms with van der Waals surface area (Å²) in [5.74, 6) is 0. The van der Waals surface area contributed by atoms with E-state index in [2.05, 4.69) is 5.32 Å². The summed E-state index contributed by atoms with van der Waals surface area (Å²) in [5.41, 5.74) is 1.42. The molecule has 0 radical (unpaired) electrons. The molecule has 1 aromatic rings. The van der Waals surface area contributed by atoms with Gasteiger partial charge in [-0.25, -0.2) is 17.5 Å². The van der Waals surface area contributed by atoms with Gasteiger partial charge in [-0.3, -0.25) is 0 Å². The van der Waals surface area contributed by atoms with E-state index < -0.39 is 10.0 Å². The largest absolute Gasteiger partial charge is 0.373 e. The van der Waals surface area contributed by atoms with Crippen LogP contribution in [0.5, 0.6) is 0 Å². The molecule has 26 heavy (non-hydrogen) atoms. The molecule has 0 aromatic heterocycles. The van der Waals surface area contributed by atoms with Crippen LogP contribution in [0.1, 0.15) is 30.9 Å². The van der Waals surface area contributed by atoms with Crippen molar-refractivity contribution in [2.45, 2.75) is 43.2 Å². The first-order valence-corrected chi connectivity index (χ1v) is 10.4. The van der Waals surface area contributed by atoms with Gasteiger partial charge in [-0.15, -0.1) is 0 Å². The topological polar surface area (TPSA) is 79.0 Å². The molecular weight excluding hydrogens is 354 g/mol. The molecular formula is C18H27N3O4S. The first kappa shape index (κ1) is 19.1. The predicted octanol–water partition coefficient (Wildman–Crippen LogP) is 1.57. The summed E-state index contributed by atoms with van der Waals surface area (Å²) in [5, 5.41) is 2.96. The highest BCUT2D eigenvalue weighted by Gasteiger charge is 2.32. The monoisotopic (exact) mass is 381 g/mol. The molecule has 1 aromatic carbocycles. The molecule has 0 bridgehead atoms. The number of rotatable bonds is 4. The Hall–Kier alpha value is -1.64. The Labute approximate surface area is 155 Å². The quantitative estimate of drug-likeness (QED) is 0.859. The van der Waals surface area contributed by atoms with Crippen molar-refractivity contribution >= 4 is 16.1 Å². The SMILES string of the molecule is CN(C)S(=O)(=O)c1cccc2c1CCN(C(=O)NCC1(C)CCCO1)C2. The fraction of sp³-hybridized carbons (Fsp3) is 0.611. The number of urea groups is 1. The first-order chi connectivity index (χ1) is 12.2. The fourth-order valence-electron chi connectivity index (χ4n) is 3.54. The third-order valence-corrected chi connectivity index (χ3v) is 7.08. The number of hydrogen-bond donors (Lipinski definition) is 1. The summed E-state index contributed by atoms with van der Waals surface area (Å²) < 4.78 is 32.0. The second-order valence-electron chi connectivity index (χ2n) is 7.41. The van der Waals surface area contributed by atoms with Gasteiger partial charge in [0.2, 0.25) is 10.0 Å². The van der Waals surface area contributed by atoms with Crippen molar-refractivity contribution in [2.75, 3.05) is 33.8 Å². The zero-order chi connectivity index (χ0) is 18.9. The Bertz CT molecular complexity index is 786. The Balaban J connectivity index is 1.71. The van der Waals surface area contributed by atoms with Crippen molar-refractivity contribution in [1.29, 1.82) is 0 Å². The van der Waals surface area contributed by atoms with Crippen LogP contribution in [-0.4, -0.2) is 63.0 Å². The van der Waals surface area contributed by atoms with Crippen LogP contribution in [0.25, 0.3) is 0 Å². The molecule has 0 spiro atoms. The number of nitrogens with one attached hydrogen (secondary N) is 1. The molecule has 2 aliphatic heterocycles. The lowest BCUT2D eigenvalue weighted by atomic mass is 10.00. The van der Waals surface area contributed by atoms with Crippen molar-refractivity contribution in [3.8, 4) is 0 Å². The van der Waals surface area contributed by atoms with E-state index in [0.717, 1.165) is 30.6 Å². The average Bonchev–Trinajstić information content (AvgIpc) is 3.05. The van der Waals surface area contributed by atoms with Gasteiger partial charge in [-0.05, 0) is 43.4 Å². The Morgan fingerprint density at radius 3 is 2.81 bits per heavy atom. The van der Waals surface area contributed by atoms with Crippen molar-refractivity contribution in [2.24, 2.45) is 0 Å². The zero-order valence-corrected chi connectivity index (χ0v) is 16.4. The van der Waals surface area contributed by atoms with Gasteiger partial charge in [-0.1, -0.05) is 12.1 Å². The van der Waals surface area contributed by atoms with Gasteiger partial charge < -0.3 is 15.0 Å². The summed E-state index contributed by atoms with van der Waals surface area (Å²) in [4.78, 5) is 14.6. The highest BCUT2D eigenvalue weighted by molar-refractivity contribution is 7.89. The van der Waals surface area contributed by atoms with Gasteiger partial charge >= 0.3 is 6.03 Å². The van der Waals surface area contributed by atoms with Crippen LogP contribution in [0.4, 0.5) is 4.79 Å². The summed E-state index contributed by atoms with van der Waals surface area (Å²) in [6.07, 6.45) is 2.49. The maximum atomic E-state index is 12.5. The Morgan fingerprint density at radius 1 is 1.38 bits per heavy atom. The molecule has 2 amide bonds. The molecule has 0 aliphatic carbocycles. The molecule has 1 fully saturated rings. The molecule has 8 heteroatoms. The van der Waals surface area contributed by atoms with Crippen LogP contribution >= 0.6 is 0 Å². The molecule has 0 saturated carbocycles. The van der Waals surface area contributed by atoms with E-state index >= 15 is 0 Å². The molecule has 2 heterocycles. The van der Waals surface area contributed by atoms with E-state index in [1.54, 1.807) is 17.0 Å². The number of carbonyl (C=O) groups is 1. The number of ether oxygens (including phenoxy) is 1. The van der Waals surface area contributed by atoms with Gasteiger partial charge in [-0.2, -0.15) is 0 Å². The van der Waals surface area contributed by atoms with E-state index in [-0.39, 0.29) is 11.6 Å². The summed E-state index contributed by atoms with van der Waals surface area (Å²) in [7, 11) is -0.426. The molecule has 3 rings (SSSR count). The third-order valence-electron chi connectivity index (χ3n) is 5.18. The Morgan fingerprint density at radius 2 is 2.15 bits per heavy atom. The van der Waals surface area contributed by atoms with Crippen LogP contribution < -0.4 is 5.32 Å². The molecule has 1 saturated heterocycles. The van der Waals surface area contributed by atoms with Gasteiger partial charge in [0.1, 0.15) is 0 Å². The highest BCUT2D eigenvalue weighted by atomic mass is 32.2. The molecule has 2 aliphatic rings. The van der Waals surface area contributed by atoms with Gasteiger partial charge in [0.15, 0.2) is 0 Å². The third kappa shape index (κ3) is 3.72. The number of benzene rings is 1. The number of fused-ring (bicyclic) bond motifs is 1. The number of carbonyl (C=O) groups excluding carboxylic acids is 1. The molecule has 1 atom stereocenters. The summed E-state index contributed by atoms with van der Waals surface area (Å²) in [6.45, 7) is 4.16. The molecule has 1 unspecified atom stereocenters. The van der Waals surface area contributed by atoms with E-state index in [4.69, 9.17) is 4.74 Å². The molecule has 1 N–H and O–H groups in total. The number of sulfonamides is 1. The van der Waals surface area contributed by atoms with Gasteiger partial charge in [0.05, 0.1) is 10.5 Å². The fourth-order valence-corrected chi connectivity index (χ4v) is 4.73. The van der Waals surface area contributed by atoms with Crippen LogP contribution in [-0.2, 0) is 27.7 Å². The normalized spacial score (nSPS) is 23.2. The standard InChI is InChI=1S/C18H27N3O4S/c1-18(9-5-11-25-18)13-19-17(22)21-10-8-15-14(12-21)6-4-7-16(15)26(23,24)20(2)3/h4,6-7H,5,8-13H2,1-3H3,(H,19,22). The highest BCUT2D eigenvalue weighted by Crippen LogP contribution is 2.28. The van der Waals surface area contributed by atoms with E-state index in [9.17, 15) is 13.2 Å². The minimum Gasteiger partial charge on any atom is -0.373 e. The van der Waals surface area contributed by atoms with E-state index in [1.807, 2.05) is 13.0 Å². The van der Waals surface area contributed by atoms with Crippen molar-refractivity contribution in [3.63, 3.8) is 0 Å². The van der Waals surface area contributed by atoms with Crippen molar-refractivity contribution < 1.29 is 17.9 Å². The Kier molecular flexibility index (Phi) is 5.28. The van der Waals surface area contributed by atoms with Crippen LogP contribution in [0.3, 0.4) is 0 Å². The minimum absolute atomic E-state index is 0.131.